The van der Waals surface area contributed by atoms with E-state index in [4.69, 9.17) is 10.8 Å². The summed E-state index contributed by atoms with van der Waals surface area (Å²) < 4.78 is -0.294. The molecule has 0 saturated carbocycles. The average molecular weight is 483 g/mol. The van der Waals surface area contributed by atoms with E-state index in [1.807, 2.05) is 59.5 Å². The van der Waals surface area contributed by atoms with Crippen molar-refractivity contribution in [3.05, 3.63) is 114 Å². The third-order valence-electron chi connectivity index (χ3n) is 7.03. The number of nitrogens with zero attached hydrogens (tertiary/aromatic N) is 5. The van der Waals surface area contributed by atoms with Gasteiger partial charge in [0.15, 0.2) is 11.4 Å². The second kappa shape index (κ2) is 8.03. The zero-order chi connectivity index (χ0) is 24.2. The number of tetrazole rings is 1. The fraction of sp³-hybridized carbons (Fsp3) is 0.259. The van der Waals surface area contributed by atoms with Gasteiger partial charge in [-0.2, -0.15) is 0 Å². The lowest BCUT2D eigenvalue weighted by Crippen LogP contribution is -2.65. The molecule has 6 rings (SSSR count). The van der Waals surface area contributed by atoms with Crippen LogP contribution in [0.1, 0.15) is 42.4 Å². The highest BCUT2D eigenvalue weighted by atomic mass is 32.2. The van der Waals surface area contributed by atoms with Gasteiger partial charge in [-0.15, -0.1) is 26.8 Å². The minimum absolute atomic E-state index is 0.0587. The Morgan fingerprint density at radius 3 is 1.83 bits per heavy atom. The van der Waals surface area contributed by atoms with E-state index in [1.54, 1.807) is 16.6 Å². The van der Waals surface area contributed by atoms with Gasteiger partial charge in [0.1, 0.15) is 17.5 Å². The van der Waals surface area contributed by atoms with Gasteiger partial charge < -0.3 is 10.6 Å². The van der Waals surface area contributed by atoms with Crippen molar-refractivity contribution in [2.75, 3.05) is 0 Å². The molecule has 35 heavy (non-hydrogen) atoms. The van der Waals surface area contributed by atoms with Gasteiger partial charge >= 0.3 is 0 Å². The maximum Gasteiger partial charge on any atom is 0.244 e. The van der Waals surface area contributed by atoms with Gasteiger partial charge in [0.05, 0.1) is 0 Å². The number of hydrogen-bond acceptors (Lipinski definition) is 6. The third-order valence-corrected chi connectivity index (χ3v) is 8.62. The van der Waals surface area contributed by atoms with Crippen molar-refractivity contribution in [1.29, 1.82) is 0 Å². The van der Waals surface area contributed by atoms with Gasteiger partial charge in [-0.25, -0.2) is 0 Å². The molecule has 176 valence electrons. The number of benzene rings is 3. The molecule has 1 aromatic heterocycles. The summed E-state index contributed by atoms with van der Waals surface area (Å²) >= 11 is 1.70. The van der Waals surface area contributed by atoms with Crippen LogP contribution in [0.5, 0.6) is 0 Å². The van der Waals surface area contributed by atoms with E-state index in [1.165, 1.54) is 0 Å². The summed E-state index contributed by atoms with van der Waals surface area (Å²) in [4.78, 5) is 16.2. The van der Waals surface area contributed by atoms with Gasteiger partial charge in [-0.1, -0.05) is 91.0 Å². The lowest BCUT2D eigenvalue weighted by Gasteiger charge is -2.42. The lowest BCUT2D eigenvalue weighted by molar-refractivity contribution is -0.147. The summed E-state index contributed by atoms with van der Waals surface area (Å²) in [5.41, 5.74) is 8.30. The van der Waals surface area contributed by atoms with Crippen molar-refractivity contribution in [3.8, 4) is 0 Å². The van der Waals surface area contributed by atoms with Crippen LogP contribution in [0.3, 0.4) is 0 Å². The van der Waals surface area contributed by atoms with Crippen molar-refractivity contribution in [3.63, 3.8) is 0 Å². The quantitative estimate of drug-likeness (QED) is 0.346. The molecule has 2 aliphatic heterocycles. The summed E-state index contributed by atoms with van der Waals surface area (Å²) in [7, 11) is 0. The Kier molecular flexibility index (Phi) is 5.05. The average Bonchev–Trinajstić information content (AvgIpc) is 3.47. The van der Waals surface area contributed by atoms with Crippen molar-refractivity contribution in [2.45, 2.75) is 41.6 Å². The molecule has 2 N–H and O–H groups in total. The molecule has 8 heteroatoms. The number of β-lactam (4-membered cyclic amide) rings is 1. The minimum atomic E-state index is -0.848. The van der Waals surface area contributed by atoms with Crippen molar-refractivity contribution >= 4 is 17.7 Å². The molecule has 3 heterocycles. The van der Waals surface area contributed by atoms with Crippen LogP contribution < -0.4 is 5.73 Å². The van der Waals surface area contributed by atoms with Crippen LogP contribution in [-0.4, -0.2) is 47.2 Å². The summed E-state index contributed by atoms with van der Waals surface area (Å²) in [6.07, 6.45) is 0. The Labute approximate surface area is 208 Å². The Morgan fingerprint density at radius 1 is 0.857 bits per heavy atom. The molecule has 1 amide bonds. The number of carbonyl (C=O) groups is 1. The number of amides is 1. The molecule has 7 nitrogen and oxygen atoms in total. The highest BCUT2D eigenvalue weighted by Crippen LogP contribution is 2.56. The Balaban J connectivity index is 1.57. The van der Waals surface area contributed by atoms with Crippen molar-refractivity contribution in [2.24, 2.45) is 5.73 Å². The minimum Gasteiger partial charge on any atom is -0.317 e. The Morgan fingerprint density at radius 2 is 1.34 bits per heavy atom. The standard InChI is InChI=1S/C27H26N6OS/c1-26(2)22(32-24(34)21(28)25(32)35-26)23-29-31-33(30-23)27(18-12-6-3-7-13-18,19-14-8-4-9-15-19)20-16-10-5-11-17-20/h3-17,21-22,25H,28H2,1-2H3/t21?,22?,25-/m1/s1. The Bertz CT molecular complexity index is 1260. The maximum absolute atomic E-state index is 12.7. The monoisotopic (exact) mass is 482 g/mol. The van der Waals surface area contributed by atoms with Gasteiger partial charge in [0, 0.05) is 4.75 Å². The highest BCUT2D eigenvalue weighted by Gasteiger charge is 2.62. The number of carbonyl (C=O) groups excluding carboxylic acids is 1. The molecule has 4 aromatic rings. The predicted octanol–water partition coefficient (Wildman–Crippen LogP) is 3.58. The topological polar surface area (TPSA) is 89.9 Å². The first-order valence-electron chi connectivity index (χ1n) is 11.7. The molecule has 3 aromatic carbocycles. The number of aromatic nitrogens is 4. The summed E-state index contributed by atoms with van der Waals surface area (Å²) in [5.74, 6) is 0.465. The molecule has 0 aliphatic carbocycles. The summed E-state index contributed by atoms with van der Waals surface area (Å²) in [5, 5.41) is 14.2. The fourth-order valence-corrected chi connectivity index (χ4v) is 6.99. The van der Waals surface area contributed by atoms with Gasteiger partial charge in [0.2, 0.25) is 5.91 Å². The van der Waals surface area contributed by atoms with Crippen LogP contribution in [0.2, 0.25) is 0 Å². The summed E-state index contributed by atoms with van der Waals surface area (Å²) in [6.45, 7) is 4.22. The number of rotatable bonds is 5. The molecule has 0 spiro atoms. The Hall–Kier alpha value is -3.49. The molecule has 0 bridgehead atoms. The van der Waals surface area contributed by atoms with E-state index < -0.39 is 11.6 Å². The number of nitrogens with two attached hydrogens (primary N) is 1. The first-order valence-corrected chi connectivity index (χ1v) is 12.5. The highest BCUT2D eigenvalue weighted by molar-refractivity contribution is 8.01. The van der Waals surface area contributed by atoms with E-state index >= 15 is 0 Å². The van der Waals surface area contributed by atoms with E-state index in [0.717, 1.165) is 16.7 Å². The first kappa shape index (κ1) is 22.0. The molecule has 2 unspecified atom stereocenters. The zero-order valence-corrected chi connectivity index (χ0v) is 20.3. The molecule has 3 atom stereocenters. The number of thioether (sulfide) groups is 1. The fourth-order valence-electron chi connectivity index (χ4n) is 5.42. The van der Waals surface area contributed by atoms with E-state index in [-0.39, 0.29) is 22.1 Å². The first-order chi connectivity index (χ1) is 16.9. The van der Waals surface area contributed by atoms with Crippen molar-refractivity contribution in [1.82, 2.24) is 25.1 Å². The van der Waals surface area contributed by atoms with Crippen LogP contribution in [0, 0.1) is 0 Å². The number of fused-ring (bicyclic) bond motifs is 1. The van der Waals surface area contributed by atoms with E-state index in [9.17, 15) is 4.79 Å². The molecule has 0 radical (unpaired) electrons. The largest absolute Gasteiger partial charge is 0.317 e. The van der Waals surface area contributed by atoms with Crippen LogP contribution in [0.25, 0.3) is 0 Å². The molecule has 2 saturated heterocycles. The molecular weight excluding hydrogens is 456 g/mol. The van der Waals surface area contributed by atoms with Gasteiger partial charge in [-0.05, 0) is 35.8 Å². The zero-order valence-electron chi connectivity index (χ0n) is 19.5. The second-order valence-corrected chi connectivity index (χ2v) is 11.3. The smallest absolute Gasteiger partial charge is 0.244 e. The normalized spacial score (nSPS) is 23.1. The number of hydrogen-bond donors (Lipinski definition) is 1. The van der Waals surface area contributed by atoms with Gasteiger partial charge in [-0.3, -0.25) is 4.79 Å². The van der Waals surface area contributed by atoms with E-state index in [0.29, 0.717) is 5.82 Å². The molecule has 2 fully saturated rings. The van der Waals surface area contributed by atoms with Gasteiger partial charge in [0.25, 0.3) is 0 Å². The van der Waals surface area contributed by atoms with Crippen LogP contribution >= 0.6 is 11.8 Å². The van der Waals surface area contributed by atoms with Crippen molar-refractivity contribution < 1.29 is 4.79 Å². The molecule has 2 aliphatic rings. The van der Waals surface area contributed by atoms with Crippen LogP contribution in [0.15, 0.2) is 91.0 Å². The summed E-state index contributed by atoms with van der Waals surface area (Å²) in [6, 6.07) is 29.9. The SMILES string of the molecule is CC1(C)S[C@@H]2C(N)C(=O)N2C1c1nnn(C(c2ccccc2)(c2ccccc2)c2ccccc2)n1. The molecular formula is C27H26N6OS. The van der Waals surface area contributed by atoms with E-state index in [2.05, 4.69) is 60.6 Å². The van der Waals surface area contributed by atoms with Crippen LogP contribution in [0.4, 0.5) is 0 Å². The second-order valence-electron chi connectivity index (χ2n) is 9.53. The lowest BCUT2D eigenvalue weighted by atomic mass is 9.77. The maximum atomic E-state index is 12.7. The third kappa shape index (κ3) is 3.17. The van der Waals surface area contributed by atoms with Crippen LogP contribution in [-0.2, 0) is 10.3 Å². The predicted molar refractivity (Wildman–Crippen MR) is 135 cm³/mol.